The van der Waals surface area contributed by atoms with Crippen molar-refractivity contribution in [2.24, 2.45) is 0 Å². The Morgan fingerprint density at radius 3 is 2.10 bits per heavy atom. The minimum atomic E-state index is -0.712. The number of benzene rings is 1. The number of aromatic nitrogens is 1. The lowest BCUT2D eigenvalue weighted by Crippen LogP contribution is -2.27. The Bertz CT molecular complexity index is 1080. The van der Waals surface area contributed by atoms with Crippen LogP contribution in [0.3, 0.4) is 0 Å². The molecular weight excluding hydrogens is 485 g/mol. The van der Waals surface area contributed by atoms with Crippen LogP contribution in [-0.4, -0.2) is 22.1 Å². The van der Waals surface area contributed by atoms with Gasteiger partial charge in [0.1, 0.15) is 21.7 Å². The molecule has 0 spiro atoms. The summed E-state index contributed by atoms with van der Waals surface area (Å²) in [4.78, 5) is 25.1. The third kappa shape index (κ3) is 4.30. The zero-order valence-electron chi connectivity index (χ0n) is 15.1. The van der Waals surface area contributed by atoms with Gasteiger partial charge < -0.3 is 9.84 Å². The van der Waals surface area contributed by atoms with Crippen LogP contribution in [0.5, 0.6) is 11.6 Å². The second-order valence-corrected chi connectivity index (χ2v) is 7.77. The highest BCUT2D eigenvalue weighted by Gasteiger charge is 2.26. The molecule has 0 saturated heterocycles. The molecule has 0 atom stereocenters. The first-order chi connectivity index (χ1) is 13.6. The van der Waals surface area contributed by atoms with Gasteiger partial charge in [-0.25, -0.2) is 0 Å². The van der Waals surface area contributed by atoms with Gasteiger partial charge in [-0.1, -0.05) is 64.9 Å². The van der Waals surface area contributed by atoms with E-state index in [4.69, 9.17) is 62.7 Å². The molecule has 0 aliphatic heterocycles. The topological polar surface area (TPSA) is 92.3 Å². The molecule has 1 N–H and O–H groups in total. The molecule has 0 fully saturated rings. The first-order valence-electron chi connectivity index (χ1n) is 8.12. The van der Waals surface area contributed by atoms with Crippen LogP contribution in [0, 0.1) is 18.3 Å². The van der Waals surface area contributed by atoms with Gasteiger partial charge in [0.2, 0.25) is 11.7 Å². The second kappa shape index (κ2) is 9.46. The highest BCUT2D eigenvalue weighted by molar-refractivity contribution is 6.55. The van der Waals surface area contributed by atoms with E-state index >= 15 is 0 Å². The van der Waals surface area contributed by atoms with Gasteiger partial charge in [-0.05, 0) is 18.9 Å². The van der Waals surface area contributed by atoms with Crippen LogP contribution >= 0.6 is 58.0 Å². The molecule has 1 heterocycles. The molecule has 0 bridgehead atoms. The Hall–Kier alpha value is -1.62. The van der Waals surface area contributed by atoms with Crippen molar-refractivity contribution >= 4 is 63.8 Å². The molecule has 1 aromatic carbocycles. The first kappa shape index (κ1) is 23.7. The van der Waals surface area contributed by atoms with Crippen LogP contribution in [0.2, 0.25) is 25.1 Å². The Morgan fingerprint density at radius 2 is 1.62 bits per heavy atom. The molecule has 2 rings (SSSR count). The number of hydrogen-bond donors (Lipinski definition) is 1. The van der Waals surface area contributed by atoms with Crippen molar-refractivity contribution in [3.8, 4) is 17.7 Å². The Labute approximate surface area is 191 Å². The van der Waals surface area contributed by atoms with Gasteiger partial charge in [-0.15, -0.1) is 0 Å². The number of carbonyl (C=O) groups excluding carboxylic acids is 1. The van der Waals surface area contributed by atoms with Gasteiger partial charge >= 0.3 is 0 Å². The molecular formula is C18H13Cl5N2O4. The zero-order valence-corrected chi connectivity index (χ0v) is 18.9. The van der Waals surface area contributed by atoms with Crippen molar-refractivity contribution < 1.29 is 14.6 Å². The summed E-state index contributed by atoms with van der Waals surface area (Å²) < 4.78 is 6.36. The fourth-order valence-electron chi connectivity index (χ4n) is 2.64. The van der Waals surface area contributed by atoms with Crippen molar-refractivity contribution in [3.05, 3.63) is 52.2 Å². The average molecular weight is 499 g/mol. The van der Waals surface area contributed by atoms with Crippen molar-refractivity contribution in [1.29, 1.82) is 5.26 Å². The Morgan fingerprint density at radius 1 is 1.10 bits per heavy atom. The number of Topliss-reactive ketones (excluding diaryl/α,β-unsaturated/α-hetero) is 1. The number of carbonyl (C=O) groups is 1. The van der Waals surface area contributed by atoms with E-state index in [1.807, 2.05) is 0 Å². The minimum absolute atomic E-state index is 0.0420. The third-order valence-electron chi connectivity index (χ3n) is 4.04. The predicted octanol–water partition coefficient (Wildman–Crippen LogP) is 5.67. The second-order valence-electron chi connectivity index (χ2n) is 5.88. The van der Waals surface area contributed by atoms with Crippen LogP contribution in [0.15, 0.2) is 4.79 Å². The molecule has 29 heavy (non-hydrogen) atoms. The van der Waals surface area contributed by atoms with Crippen LogP contribution in [-0.2, 0) is 6.54 Å². The maximum atomic E-state index is 12.8. The molecule has 0 aliphatic carbocycles. The molecule has 0 amide bonds. The number of hydrogen-bond acceptors (Lipinski definition) is 5. The predicted molar refractivity (Wildman–Crippen MR) is 113 cm³/mol. The van der Waals surface area contributed by atoms with Gasteiger partial charge in [0, 0.05) is 6.54 Å². The number of nitrogens with zero attached hydrogens (tertiary/aromatic N) is 2. The smallest absolute Gasteiger partial charge is 0.271 e. The number of halogens is 5. The monoisotopic (exact) mass is 496 g/mol. The number of aromatic hydroxyl groups is 1. The fourth-order valence-corrected chi connectivity index (χ4v) is 3.87. The van der Waals surface area contributed by atoms with E-state index in [1.165, 1.54) is 6.92 Å². The lowest BCUT2D eigenvalue weighted by Gasteiger charge is -2.16. The summed E-state index contributed by atoms with van der Waals surface area (Å²) in [5.41, 5.74) is -1.09. The Balaban J connectivity index is 2.50. The van der Waals surface area contributed by atoms with E-state index in [1.54, 1.807) is 13.0 Å². The normalized spacial score (nSPS) is 10.7. The molecule has 1 aromatic heterocycles. The molecule has 0 saturated carbocycles. The van der Waals surface area contributed by atoms with Gasteiger partial charge in [0.15, 0.2) is 12.4 Å². The van der Waals surface area contributed by atoms with Gasteiger partial charge in [-0.2, -0.15) is 5.26 Å². The van der Waals surface area contributed by atoms with Crippen molar-refractivity contribution in [2.45, 2.75) is 26.8 Å². The van der Waals surface area contributed by atoms with Gasteiger partial charge in [0.05, 0.1) is 20.6 Å². The minimum Gasteiger partial charge on any atom is -0.494 e. The standard InChI is InChI=1S/C18H13Cl5N2O4/c1-3-4-25-17(27)8(5-24)7(2)10(18(25)28)9(26)6-29-16-14(22)12(20)11(19)13(21)15(16)23/h28H,3-4,6H2,1-2H3. The summed E-state index contributed by atoms with van der Waals surface area (Å²) in [6.07, 6.45) is 0.499. The summed E-state index contributed by atoms with van der Waals surface area (Å²) in [7, 11) is 0. The van der Waals surface area contributed by atoms with Crippen molar-refractivity contribution in [2.75, 3.05) is 6.61 Å². The van der Waals surface area contributed by atoms with E-state index in [2.05, 4.69) is 0 Å². The van der Waals surface area contributed by atoms with E-state index < -0.39 is 23.8 Å². The van der Waals surface area contributed by atoms with Gasteiger partial charge in [0.25, 0.3) is 5.56 Å². The maximum Gasteiger partial charge on any atom is 0.271 e. The third-order valence-corrected chi connectivity index (χ3v) is 6.29. The summed E-state index contributed by atoms with van der Waals surface area (Å²) in [5.74, 6) is -1.43. The quantitative estimate of drug-likeness (QED) is 0.315. The summed E-state index contributed by atoms with van der Waals surface area (Å²) in [6.45, 7) is 2.66. The fraction of sp³-hybridized carbons (Fsp3) is 0.278. The van der Waals surface area contributed by atoms with Crippen LogP contribution in [0.4, 0.5) is 0 Å². The first-order valence-corrected chi connectivity index (χ1v) is 10.0. The maximum absolute atomic E-state index is 12.8. The molecule has 11 heteroatoms. The van der Waals surface area contributed by atoms with Crippen LogP contribution in [0.25, 0.3) is 0 Å². The number of pyridine rings is 1. The summed E-state index contributed by atoms with van der Waals surface area (Å²) in [6, 6.07) is 1.77. The largest absolute Gasteiger partial charge is 0.494 e. The molecule has 0 radical (unpaired) electrons. The lowest BCUT2D eigenvalue weighted by atomic mass is 10.0. The van der Waals surface area contributed by atoms with E-state index in [-0.39, 0.29) is 54.1 Å². The molecule has 0 unspecified atom stereocenters. The van der Waals surface area contributed by atoms with Crippen molar-refractivity contribution in [1.82, 2.24) is 4.57 Å². The van der Waals surface area contributed by atoms with E-state index in [9.17, 15) is 20.0 Å². The van der Waals surface area contributed by atoms with Crippen LogP contribution < -0.4 is 10.3 Å². The Kier molecular flexibility index (Phi) is 7.72. The summed E-state index contributed by atoms with van der Waals surface area (Å²) in [5, 5.41) is 19.2. The summed E-state index contributed by atoms with van der Waals surface area (Å²) >= 11 is 30.0. The zero-order chi connectivity index (χ0) is 22.0. The molecule has 154 valence electrons. The number of ketones is 1. The number of ether oxygens (including phenoxy) is 1. The van der Waals surface area contributed by atoms with E-state index in [0.717, 1.165) is 4.57 Å². The van der Waals surface area contributed by atoms with Crippen LogP contribution in [0.1, 0.15) is 34.8 Å². The average Bonchev–Trinajstić information content (AvgIpc) is 2.68. The highest BCUT2D eigenvalue weighted by Crippen LogP contribution is 2.48. The van der Waals surface area contributed by atoms with E-state index in [0.29, 0.717) is 6.42 Å². The van der Waals surface area contributed by atoms with Crippen molar-refractivity contribution in [3.63, 3.8) is 0 Å². The number of rotatable bonds is 6. The lowest BCUT2D eigenvalue weighted by molar-refractivity contribution is 0.0916. The SMILES string of the molecule is CCCn1c(O)c(C(=O)COc2c(Cl)c(Cl)c(Cl)c(Cl)c2Cl)c(C)c(C#N)c1=O. The van der Waals surface area contributed by atoms with Gasteiger partial charge in [-0.3, -0.25) is 14.2 Å². The number of nitriles is 1. The highest BCUT2D eigenvalue weighted by atomic mass is 35.5. The molecule has 6 nitrogen and oxygen atoms in total. The molecule has 0 aliphatic rings. The molecule has 2 aromatic rings.